The van der Waals surface area contributed by atoms with Gasteiger partial charge in [0.15, 0.2) is 0 Å². The van der Waals surface area contributed by atoms with Gasteiger partial charge in [-0.1, -0.05) is 109 Å². The number of hydrogen-bond acceptors (Lipinski definition) is 2. The number of unbranched alkanes of at least 4 members (excludes halogenated alkanes) is 7. The lowest BCUT2D eigenvalue weighted by Gasteiger charge is -2.58. The van der Waals surface area contributed by atoms with Crippen LogP contribution in [0.5, 0.6) is 0 Å². The highest BCUT2D eigenvalue weighted by molar-refractivity contribution is 8.14. The molecule has 1 nitrogen and oxygen atoms in total. The van der Waals surface area contributed by atoms with Crippen LogP contribution < -0.4 is 0 Å². The van der Waals surface area contributed by atoms with E-state index in [2.05, 4.69) is 33.8 Å². The number of carbonyl (C=O) groups is 1. The molecule has 0 unspecified atom stereocenters. The van der Waals surface area contributed by atoms with Gasteiger partial charge in [-0.3, -0.25) is 4.79 Å². The van der Waals surface area contributed by atoms with Gasteiger partial charge in [-0.2, -0.15) is 0 Å². The van der Waals surface area contributed by atoms with Crippen molar-refractivity contribution in [1.29, 1.82) is 0 Å². The molecule has 0 spiro atoms. The number of hydrogen-bond donors (Lipinski definition) is 0. The lowest BCUT2D eigenvalue weighted by molar-refractivity contribution is -0.110. The summed E-state index contributed by atoms with van der Waals surface area (Å²) in [6.07, 6.45) is 27.8. The largest absolute Gasteiger partial charge is 0.286 e. The third-order valence-electron chi connectivity index (χ3n) is 11.8. The number of rotatable bonds is 13. The van der Waals surface area contributed by atoms with E-state index in [-0.39, 0.29) is 10.5 Å². The van der Waals surface area contributed by atoms with Crippen molar-refractivity contribution in [2.75, 3.05) is 0 Å². The SMILES string of the molecule is CCCCCCCC[C@@H]1CC[C@@H]2[C@@H]3CC=C4C[C@@H](SC(=O)[C@H](Cl)CCCCC)CC[C@]4(C)[C@H]3CC[C@]12C. The molecule has 3 fully saturated rings. The highest BCUT2D eigenvalue weighted by Crippen LogP contribution is 2.67. The van der Waals surface area contributed by atoms with Crippen molar-refractivity contribution in [3.63, 3.8) is 0 Å². The average molecular weight is 549 g/mol. The quantitative estimate of drug-likeness (QED) is 0.129. The molecule has 0 bridgehead atoms. The Hall–Kier alpha value is 0.0500. The van der Waals surface area contributed by atoms with Crippen LogP contribution >= 0.6 is 23.4 Å². The number of fused-ring (bicyclic) bond motifs is 5. The fourth-order valence-electron chi connectivity index (χ4n) is 9.41. The van der Waals surface area contributed by atoms with Gasteiger partial charge >= 0.3 is 0 Å². The minimum Gasteiger partial charge on any atom is -0.286 e. The Bertz CT molecular complexity index is 778. The van der Waals surface area contributed by atoms with Crippen LogP contribution in [-0.2, 0) is 4.79 Å². The van der Waals surface area contributed by atoms with Crippen molar-refractivity contribution in [3.05, 3.63) is 11.6 Å². The van der Waals surface area contributed by atoms with Crippen LogP contribution in [0, 0.1) is 34.5 Å². The summed E-state index contributed by atoms with van der Waals surface area (Å²) in [6, 6.07) is 0. The maximum atomic E-state index is 12.8. The second-order valence-electron chi connectivity index (χ2n) is 13.9. The third kappa shape index (κ3) is 6.69. The van der Waals surface area contributed by atoms with Gasteiger partial charge in [0, 0.05) is 5.25 Å². The van der Waals surface area contributed by atoms with Crippen molar-refractivity contribution in [1.82, 2.24) is 0 Å². The fourth-order valence-corrected chi connectivity index (χ4v) is 10.8. The molecule has 0 radical (unpaired) electrons. The van der Waals surface area contributed by atoms with Crippen molar-refractivity contribution < 1.29 is 4.79 Å². The first-order chi connectivity index (χ1) is 17.8. The maximum absolute atomic E-state index is 12.8. The highest BCUT2D eigenvalue weighted by atomic mass is 35.5. The molecule has 3 heteroatoms. The van der Waals surface area contributed by atoms with Crippen molar-refractivity contribution in [2.45, 2.75) is 160 Å². The van der Waals surface area contributed by atoms with E-state index in [0.29, 0.717) is 16.1 Å². The zero-order valence-corrected chi connectivity index (χ0v) is 26.2. The van der Waals surface area contributed by atoms with Crippen LogP contribution in [0.2, 0.25) is 0 Å². The Labute approximate surface area is 239 Å². The minimum absolute atomic E-state index is 0.233. The van der Waals surface area contributed by atoms with E-state index in [4.69, 9.17) is 11.6 Å². The van der Waals surface area contributed by atoms with E-state index in [0.717, 1.165) is 42.9 Å². The van der Waals surface area contributed by atoms with E-state index in [1.807, 2.05) is 0 Å². The van der Waals surface area contributed by atoms with Crippen molar-refractivity contribution >= 4 is 28.5 Å². The predicted molar refractivity (Wildman–Crippen MR) is 163 cm³/mol. The molecule has 0 heterocycles. The Kier molecular flexibility index (Phi) is 11.0. The van der Waals surface area contributed by atoms with Crippen LogP contribution in [0.25, 0.3) is 0 Å². The van der Waals surface area contributed by atoms with Gasteiger partial charge < -0.3 is 0 Å². The molecule has 0 aromatic heterocycles. The monoisotopic (exact) mass is 548 g/mol. The number of alkyl halides is 1. The summed E-state index contributed by atoms with van der Waals surface area (Å²) >= 11 is 8.08. The van der Waals surface area contributed by atoms with Gasteiger partial charge in [0.2, 0.25) is 5.12 Å². The Balaban J connectivity index is 1.32. The molecular weight excluding hydrogens is 492 g/mol. The summed E-state index contributed by atoms with van der Waals surface area (Å²) in [5, 5.41) is 0.381. The molecule has 4 aliphatic carbocycles. The van der Waals surface area contributed by atoms with E-state index in [1.54, 1.807) is 17.3 Å². The van der Waals surface area contributed by atoms with Gasteiger partial charge in [-0.15, -0.1) is 11.6 Å². The first-order valence-corrected chi connectivity index (χ1v) is 17.7. The molecular formula is C34H57ClOS. The van der Waals surface area contributed by atoms with Crippen LogP contribution in [-0.4, -0.2) is 15.7 Å². The number of halogens is 1. The summed E-state index contributed by atoms with van der Waals surface area (Å²) in [5.74, 6) is 3.69. The summed E-state index contributed by atoms with van der Waals surface area (Å²) in [4.78, 5) is 12.8. The molecule has 37 heavy (non-hydrogen) atoms. The van der Waals surface area contributed by atoms with Gasteiger partial charge in [0.25, 0.3) is 0 Å². The molecule has 0 amide bonds. The normalized spacial score (nSPS) is 37.9. The molecule has 0 N–H and O–H groups in total. The summed E-state index contributed by atoms with van der Waals surface area (Å²) in [6.45, 7) is 9.83. The van der Waals surface area contributed by atoms with Crippen LogP contribution in [0.1, 0.15) is 150 Å². The first-order valence-electron chi connectivity index (χ1n) is 16.4. The van der Waals surface area contributed by atoms with Crippen LogP contribution in [0.3, 0.4) is 0 Å². The Morgan fingerprint density at radius 2 is 1.68 bits per heavy atom. The molecule has 0 saturated heterocycles. The van der Waals surface area contributed by atoms with E-state index < -0.39 is 0 Å². The van der Waals surface area contributed by atoms with E-state index in [1.165, 1.54) is 103 Å². The number of allylic oxidation sites excluding steroid dienone is 2. The van der Waals surface area contributed by atoms with Gasteiger partial charge in [0.05, 0.1) is 0 Å². The summed E-state index contributed by atoms with van der Waals surface area (Å²) in [5.41, 5.74) is 2.68. The van der Waals surface area contributed by atoms with Gasteiger partial charge in [-0.05, 0) is 98.7 Å². The summed E-state index contributed by atoms with van der Waals surface area (Å²) < 4.78 is 0. The molecule has 3 saturated carbocycles. The molecule has 0 aromatic carbocycles. The van der Waals surface area contributed by atoms with Crippen molar-refractivity contribution in [2.24, 2.45) is 34.5 Å². The minimum atomic E-state index is -0.294. The molecule has 0 aliphatic heterocycles. The highest BCUT2D eigenvalue weighted by Gasteiger charge is 2.58. The Morgan fingerprint density at radius 3 is 2.46 bits per heavy atom. The number of carbonyl (C=O) groups excluding carboxylic acids is 1. The first kappa shape index (κ1) is 30.0. The molecule has 212 valence electrons. The van der Waals surface area contributed by atoms with Crippen LogP contribution in [0.4, 0.5) is 0 Å². The molecule has 0 aromatic rings. The molecule has 4 rings (SSSR count). The fraction of sp³-hybridized carbons (Fsp3) is 0.912. The number of thioether (sulfide) groups is 1. The lowest BCUT2D eigenvalue weighted by Crippen LogP contribution is -2.50. The third-order valence-corrected chi connectivity index (χ3v) is 13.6. The predicted octanol–water partition coefficient (Wildman–Crippen LogP) is 11.1. The lowest BCUT2D eigenvalue weighted by atomic mass is 9.47. The average Bonchev–Trinajstić information content (AvgIpc) is 3.22. The van der Waals surface area contributed by atoms with E-state index >= 15 is 0 Å². The van der Waals surface area contributed by atoms with E-state index in [9.17, 15) is 4.79 Å². The molecule has 8 atom stereocenters. The standard InChI is InChI=1S/C34H57ClOS/c1-5-7-9-10-11-13-14-25-17-19-29-28-18-16-26-24-27(37-32(36)31(35)15-12-8-6-2)20-22-34(26,4)30(28)21-23-33(25,29)3/h16,25,27-31H,5-15,17-24H2,1-4H3/t25-,27+,28+,29-,30+,31-,33-,34+/m1/s1. The smallest absolute Gasteiger partial charge is 0.207 e. The zero-order chi connectivity index (χ0) is 26.5. The second-order valence-corrected chi connectivity index (χ2v) is 15.7. The zero-order valence-electron chi connectivity index (χ0n) is 24.7. The summed E-state index contributed by atoms with van der Waals surface area (Å²) in [7, 11) is 0. The van der Waals surface area contributed by atoms with Gasteiger partial charge in [0.1, 0.15) is 5.38 Å². The Morgan fingerprint density at radius 1 is 0.946 bits per heavy atom. The van der Waals surface area contributed by atoms with Gasteiger partial charge in [-0.25, -0.2) is 0 Å². The second kappa shape index (κ2) is 13.6. The van der Waals surface area contributed by atoms with Crippen LogP contribution in [0.15, 0.2) is 11.6 Å². The topological polar surface area (TPSA) is 17.1 Å². The maximum Gasteiger partial charge on any atom is 0.207 e. The van der Waals surface area contributed by atoms with Crippen molar-refractivity contribution in [3.8, 4) is 0 Å². The molecule has 4 aliphatic rings.